The van der Waals surface area contributed by atoms with Gasteiger partial charge in [0.15, 0.2) is 0 Å². The van der Waals surface area contributed by atoms with Gasteiger partial charge in [-0.25, -0.2) is 9.97 Å². The van der Waals surface area contributed by atoms with E-state index < -0.39 is 0 Å². The van der Waals surface area contributed by atoms with Gasteiger partial charge in [-0.1, -0.05) is 13.3 Å². The highest BCUT2D eigenvalue weighted by Crippen LogP contribution is 2.47. The summed E-state index contributed by atoms with van der Waals surface area (Å²) in [6.07, 6.45) is 7.67. The topological polar surface area (TPSA) is 37.8 Å². The molecule has 3 heteroatoms. The summed E-state index contributed by atoms with van der Waals surface area (Å²) in [7, 11) is 0. The lowest BCUT2D eigenvalue weighted by Crippen LogP contribution is -2.29. The Hall–Kier alpha value is -0.960. The molecule has 2 aliphatic carbocycles. The molecule has 3 aliphatic rings. The van der Waals surface area contributed by atoms with Crippen LogP contribution in [-0.4, -0.2) is 16.5 Å². The minimum absolute atomic E-state index is 0.304. The van der Waals surface area contributed by atoms with Gasteiger partial charge in [-0.15, -0.1) is 0 Å². The number of nitrogens with one attached hydrogen (secondary N) is 1. The summed E-state index contributed by atoms with van der Waals surface area (Å²) in [6, 6.07) is 0. The maximum absolute atomic E-state index is 4.99. The van der Waals surface area contributed by atoms with Gasteiger partial charge >= 0.3 is 0 Å². The standard InChI is InChI=1S/C15H21N3/c1-15(6-7-15)14-17-12-5-8-16-9-11(12)13(18-14)10-3-2-4-10/h10,16H,2-9H2,1H3. The molecule has 0 aromatic carbocycles. The van der Waals surface area contributed by atoms with Crippen molar-refractivity contribution in [2.24, 2.45) is 0 Å². The van der Waals surface area contributed by atoms with Crippen molar-refractivity contribution in [3.63, 3.8) is 0 Å². The molecular weight excluding hydrogens is 222 g/mol. The van der Waals surface area contributed by atoms with E-state index in [0.29, 0.717) is 5.41 Å². The van der Waals surface area contributed by atoms with Crippen LogP contribution in [0.3, 0.4) is 0 Å². The van der Waals surface area contributed by atoms with E-state index in [0.717, 1.165) is 31.3 Å². The number of nitrogens with zero attached hydrogens (tertiary/aromatic N) is 2. The third-order valence-electron chi connectivity index (χ3n) is 5.00. The van der Waals surface area contributed by atoms with Crippen molar-refractivity contribution in [1.82, 2.24) is 15.3 Å². The van der Waals surface area contributed by atoms with Crippen LogP contribution in [0.1, 0.15) is 67.7 Å². The Kier molecular flexibility index (Phi) is 2.28. The van der Waals surface area contributed by atoms with Crippen LogP contribution in [0.5, 0.6) is 0 Å². The number of aromatic nitrogens is 2. The van der Waals surface area contributed by atoms with E-state index in [1.807, 2.05) is 0 Å². The van der Waals surface area contributed by atoms with Crippen LogP contribution in [0.25, 0.3) is 0 Å². The molecule has 96 valence electrons. The van der Waals surface area contributed by atoms with Crippen LogP contribution < -0.4 is 5.32 Å². The molecule has 0 saturated heterocycles. The van der Waals surface area contributed by atoms with Crippen LogP contribution in [0.15, 0.2) is 0 Å². The quantitative estimate of drug-likeness (QED) is 0.867. The molecule has 4 rings (SSSR count). The molecule has 0 bridgehead atoms. The number of hydrogen-bond donors (Lipinski definition) is 1. The molecular formula is C15H21N3. The van der Waals surface area contributed by atoms with E-state index in [2.05, 4.69) is 12.2 Å². The highest BCUT2D eigenvalue weighted by Gasteiger charge is 2.43. The average Bonchev–Trinajstić information content (AvgIpc) is 3.06. The van der Waals surface area contributed by atoms with Crippen molar-refractivity contribution in [3.8, 4) is 0 Å². The van der Waals surface area contributed by atoms with Gasteiger partial charge in [0.2, 0.25) is 0 Å². The first-order valence-corrected chi connectivity index (χ1v) is 7.37. The van der Waals surface area contributed by atoms with E-state index in [1.165, 1.54) is 49.1 Å². The second-order valence-electron chi connectivity index (χ2n) is 6.47. The van der Waals surface area contributed by atoms with Crippen LogP contribution in [0, 0.1) is 0 Å². The lowest BCUT2D eigenvalue weighted by molar-refractivity contribution is 0.401. The van der Waals surface area contributed by atoms with Crippen molar-refractivity contribution in [2.45, 2.75) is 63.3 Å². The van der Waals surface area contributed by atoms with Gasteiger partial charge in [-0.05, 0) is 25.7 Å². The van der Waals surface area contributed by atoms with E-state index in [1.54, 1.807) is 0 Å². The fraction of sp³-hybridized carbons (Fsp3) is 0.733. The predicted molar refractivity (Wildman–Crippen MR) is 70.6 cm³/mol. The van der Waals surface area contributed by atoms with Crippen LogP contribution in [-0.2, 0) is 18.4 Å². The zero-order valence-corrected chi connectivity index (χ0v) is 11.1. The molecule has 1 aromatic heterocycles. The smallest absolute Gasteiger partial charge is 0.134 e. The summed E-state index contributed by atoms with van der Waals surface area (Å²) in [5.41, 5.74) is 4.47. The van der Waals surface area contributed by atoms with E-state index in [9.17, 15) is 0 Å². The number of rotatable bonds is 2. The molecule has 0 spiro atoms. The minimum atomic E-state index is 0.304. The largest absolute Gasteiger partial charge is 0.312 e. The first-order valence-electron chi connectivity index (χ1n) is 7.37. The molecule has 3 nitrogen and oxygen atoms in total. The molecule has 0 radical (unpaired) electrons. The van der Waals surface area contributed by atoms with Crippen LogP contribution in [0.2, 0.25) is 0 Å². The zero-order valence-electron chi connectivity index (χ0n) is 11.1. The van der Waals surface area contributed by atoms with E-state index in [4.69, 9.17) is 9.97 Å². The zero-order chi connectivity index (χ0) is 12.2. The van der Waals surface area contributed by atoms with Crippen molar-refractivity contribution < 1.29 is 0 Å². The molecule has 0 amide bonds. The number of fused-ring (bicyclic) bond motifs is 1. The Labute approximate surface area is 108 Å². The average molecular weight is 243 g/mol. The summed E-state index contributed by atoms with van der Waals surface area (Å²) in [5, 5.41) is 3.48. The highest BCUT2D eigenvalue weighted by atomic mass is 15.0. The first kappa shape index (κ1) is 10.9. The Morgan fingerprint density at radius 3 is 2.72 bits per heavy atom. The van der Waals surface area contributed by atoms with Gasteiger partial charge in [-0.2, -0.15) is 0 Å². The van der Waals surface area contributed by atoms with Gasteiger partial charge in [0.05, 0.1) is 11.4 Å². The molecule has 1 aromatic rings. The van der Waals surface area contributed by atoms with Crippen LogP contribution >= 0.6 is 0 Å². The normalized spacial score (nSPS) is 25.4. The molecule has 2 heterocycles. The van der Waals surface area contributed by atoms with Crippen molar-refractivity contribution in [2.75, 3.05) is 6.54 Å². The van der Waals surface area contributed by atoms with Gasteiger partial charge in [0, 0.05) is 36.4 Å². The lowest BCUT2D eigenvalue weighted by Gasteiger charge is -2.30. The predicted octanol–water partition coefficient (Wildman–Crippen LogP) is 2.44. The van der Waals surface area contributed by atoms with E-state index in [-0.39, 0.29) is 0 Å². The molecule has 0 unspecified atom stereocenters. The van der Waals surface area contributed by atoms with Crippen molar-refractivity contribution in [3.05, 3.63) is 22.8 Å². The summed E-state index contributed by atoms with van der Waals surface area (Å²) < 4.78 is 0. The monoisotopic (exact) mass is 243 g/mol. The molecule has 1 aliphatic heterocycles. The summed E-state index contributed by atoms with van der Waals surface area (Å²) in [4.78, 5) is 9.89. The molecule has 0 atom stereocenters. The Bertz CT molecular complexity index is 487. The summed E-state index contributed by atoms with van der Waals surface area (Å²) >= 11 is 0. The Morgan fingerprint density at radius 2 is 2.06 bits per heavy atom. The van der Waals surface area contributed by atoms with Gasteiger partial charge < -0.3 is 5.32 Å². The lowest BCUT2D eigenvalue weighted by atomic mass is 9.80. The summed E-state index contributed by atoms with van der Waals surface area (Å²) in [6.45, 7) is 4.38. The van der Waals surface area contributed by atoms with Crippen LogP contribution in [0.4, 0.5) is 0 Å². The number of hydrogen-bond acceptors (Lipinski definition) is 3. The fourth-order valence-electron chi connectivity index (χ4n) is 3.07. The molecule has 2 saturated carbocycles. The third kappa shape index (κ3) is 1.60. The van der Waals surface area contributed by atoms with Crippen molar-refractivity contribution in [1.29, 1.82) is 0 Å². The minimum Gasteiger partial charge on any atom is -0.312 e. The molecule has 18 heavy (non-hydrogen) atoms. The second kappa shape index (κ2) is 3.77. The molecule has 2 fully saturated rings. The third-order valence-corrected chi connectivity index (χ3v) is 5.00. The molecule has 1 N–H and O–H groups in total. The summed E-state index contributed by atoms with van der Waals surface area (Å²) in [5.74, 6) is 1.87. The second-order valence-corrected chi connectivity index (χ2v) is 6.47. The van der Waals surface area contributed by atoms with Gasteiger partial charge in [0.1, 0.15) is 5.82 Å². The van der Waals surface area contributed by atoms with Gasteiger partial charge in [-0.3, -0.25) is 0 Å². The highest BCUT2D eigenvalue weighted by molar-refractivity contribution is 5.34. The SMILES string of the molecule is CC1(c2nc3c(c(C4CCC4)n2)CNCC3)CC1. The first-order chi connectivity index (χ1) is 8.76. The Balaban J connectivity index is 1.82. The fourth-order valence-corrected chi connectivity index (χ4v) is 3.07. The maximum atomic E-state index is 4.99. The van der Waals surface area contributed by atoms with Gasteiger partial charge in [0.25, 0.3) is 0 Å². The maximum Gasteiger partial charge on any atom is 0.134 e. The Morgan fingerprint density at radius 1 is 1.22 bits per heavy atom. The van der Waals surface area contributed by atoms with E-state index >= 15 is 0 Å². The van der Waals surface area contributed by atoms with Crippen molar-refractivity contribution >= 4 is 0 Å².